The first-order valence-corrected chi connectivity index (χ1v) is 7.33. The number of carbonyl (C=O) groups is 2. The number of aryl methyl sites for hydroxylation is 1. The van der Waals surface area contributed by atoms with Gasteiger partial charge in [-0.1, -0.05) is 22.0 Å². The van der Waals surface area contributed by atoms with Crippen LogP contribution in [0.15, 0.2) is 46.9 Å². The van der Waals surface area contributed by atoms with Gasteiger partial charge in [0.2, 0.25) is 0 Å². The molecule has 2 rings (SSSR count). The predicted molar refractivity (Wildman–Crippen MR) is 88.0 cm³/mol. The van der Waals surface area contributed by atoms with E-state index in [1.807, 2.05) is 19.1 Å². The Morgan fingerprint density at radius 2 is 1.86 bits per heavy atom. The first-order chi connectivity index (χ1) is 10.5. The monoisotopic (exact) mass is 362 g/mol. The summed E-state index contributed by atoms with van der Waals surface area (Å²) in [6, 6.07) is 12.2. The lowest BCUT2D eigenvalue weighted by Crippen LogP contribution is -2.21. The molecule has 0 saturated heterocycles. The number of anilines is 1. The Morgan fingerprint density at radius 3 is 2.50 bits per heavy atom. The zero-order valence-electron chi connectivity index (χ0n) is 11.9. The topological polar surface area (TPSA) is 81.4 Å². The van der Waals surface area contributed by atoms with Crippen molar-refractivity contribution in [1.29, 1.82) is 0 Å². The molecule has 0 aromatic heterocycles. The summed E-state index contributed by atoms with van der Waals surface area (Å²) in [6.07, 6.45) is 0. The molecule has 0 aliphatic carbocycles. The van der Waals surface area contributed by atoms with Crippen molar-refractivity contribution >= 4 is 33.4 Å². The number of nitrogens with two attached hydrogens (primary N) is 1. The maximum Gasteiger partial charge on any atom is 0.262 e. The molecule has 0 fully saturated rings. The van der Waals surface area contributed by atoms with Gasteiger partial charge < -0.3 is 15.8 Å². The van der Waals surface area contributed by atoms with Crippen LogP contribution in [0.3, 0.4) is 0 Å². The first-order valence-electron chi connectivity index (χ1n) is 6.54. The van der Waals surface area contributed by atoms with Crippen LogP contribution in [0.25, 0.3) is 0 Å². The van der Waals surface area contributed by atoms with E-state index in [-0.39, 0.29) is 18.1 Å². The number of benzene rings is 2. The van der Waals surface area contributed by atoms with E-state index < -0.39 is 5.91 Å². The lowest BCUT2D eigenvalue weighted by molar-refractivity contribution is -0.118. The standard InChI is InChI=1S/C16H15BrN2O3/c1-10-2-7-13(16(18)21)14(8-10)22-9-15(20)19-12-5-3-11(17)4-6-12/h2-8H,9H2,1H3,(H2,18,21)(H,19,20). The second-order valence-electron chi connectivity index (χ2n) is 4.71. The van der Waals surface area contributed by atoms with Gasteiger partial charge in [0.05, 0.1) is 5.56 Å². The minimum Gasteiger partial charge on any atom is -0.483 e. The molecule has 0 radical (unpaired) electrons. The van der Waals surface area contributed by atoms with E-state index in [2.05, 4.69) is 21.2 Å². The molecule has 0 aliphatic heterocycles. The molecular weight excluding hydrogens is 348 g/mol. The smallest absolute Gasteiger partial charge is 0.262 e. The number of rotatable bonds is 5. The number of primary amides is 1. The molecule has 6 heteroatoms. The molecule has 0 saturated carbocycles. The Morgan fingerprint density at radius 1 is 1.18 bits per heavy atom. The number of ether oxygens (including phenoxy) is 1. The Hall–Kier alpha value is -2.34. The highest BCUT2D eigenvalue weighted by atomic mass is 79.9. The van der Waals surface area contributed by atoms with Crippen LogP contribution in [0.4, 0.5) is 5.69 Å². The highest BCUT2D eigenvalue weighted by Crippen LogP contribution is 2.20. The SMILES string of the molecule is Cc1ccc(C(N)=O)c(OCC(=O)Nc2ccc(Br)cc2)c1. The van der Waals surface area contributed by atoms with E-state index in [9.17, 15) is 9.59 Å². The van der Waals surface area contributed by atoms with Gasteiger partial charge in [0.15, 0.2) is 6.61 Å². The maximum atomic E-state index is 11.9. The summed E-state index contributed by atoms with van der Waals surface area (Å²) >= 11 is 3.32. The fourth-order valence-corrected chi connectivity index (χ4v) is 2.09. The fraction of sp³-hybridized carbons (Fsp3) is 0.125. The third-order valence-corrected chi connectivity index (χ3v) is 3.42. The van der Waals surface area contributed by atoms with Crippen molar-refractivity contribution in [3.8, 4) is 5.75 Å². The lowest BCUT2D eigenvalue weighted by atomic mass is 10.1. The number of halogens is 1. The van der Waals surface area contributed by atoms with Crippen LogP contribution in [-0.2, 0) is 4.79 Å². The molecule has 2 amide bonds. The van der Waals surface area contributed by atoms with E-state index in [1.165, 1.54) is 0 Å². The second kappa shape index (κ2) is 7.09. The maximum absolute atomic E-state index is 11.9. The van der Waals surface area contributed by atoms with E-state index in [4.69, 9.17) is 10.5 Å². The zero-order chi connectivity index (χ0) is 16.1. The summed E-state index contributed by atoms with van der Waals surface area (Å²) in [5.74, 6) is -0.610. The van der Waals surface area contributed by atoms with E-state index >= 15 is 0 Å². The molecule has 3 N–H and O–H groups in total. The Bertz CT molecular complexity index is 699. The molecule has 114 valence electrons. The molecule has 5 nitrogen and oxygen atoms in total. The van der Waals surface area contributed by atoms with Gasteiger partial charge in [-0.25, -0.2) is 0 Å². The lowest BCUT2D eigenvalue weighted by Gasteiger charge is -2.11. The average molecular weight is 363 g/mol. The summed E-state index contributed by atoms with van der Waals surface area (Å²) in [4.78, 5) is 23.2. The molecule has 2 aromatic carbocycles. The van der Waals surface area contributed by atoms with Crippen LogP contribution < -0.4 is 15.8 Å². The number of hydrogen-bond acceptors (Lipinski definition) is 3. The van der Waals surface area contributed by atoms with Crippen LogP contribution in [-0.4, -0.2) is 18.4 Å². The van der Waals surface area contributed by atoms with Crippen LogP contribution >= 0.6 is 15.9 Å². The highest BCUT2D eigenvalue weighted by Gasteiger charge is 2.11. The predicted octanol–water partition coefficient (Wildman–Crippen LogP) is 2.87. The van der Waals surface area contributed by atoms with Crippen molar-refractivity contribution in [1.82, 2.24) is 0 Å². The summed E-state index contributed by atoms with van der Waals surface area (Å²) in [5, 5.41) is 2.70. The third kappa shape index (κ3) is 4.33. The van der Waals surface area contributed by atoms with Gasteiger partial charge in [-0.2, -0.15) is 0 Å². The quantitative estimate of drug-likeness (QED) is 0.857. The molecule has 0 heterocycles. The van der Waals surface area contributed by atoms with Crippen LogP contribution in [0, 0.1) is 6.92 Å². The van der Waals surface area contributed by atoms with Gasteiger partial charge in [0.1, 0.15) is 5.75 Å². The summed E-state index contributed by atoms with van der Waals surface area (Å²) in [7, 11) is 0. The van der Waals surface area contributed by atoms with Gasteiger partial charge in [-0.3, -0.25) is 9.59 Å². The van der Waals surface area contributed by atoms with Gasteiger partial charge in [-0.15, -0.1) is 0 Å². The largest absolute Gasteiger partial charge is 0.483 e. The van der Waals surface area contributed by atoms with Crippen molar-refractivity contribution in [2.75, 3.05) is 11.9 Å². The van der Waals surface area contributed by atoms with Crippen molar-refractivity contribution in [3.05, 3.63) is 58.1 Å². The molecule has 0 unspecified atom stereocenters. The molecule has 0 atom stereocenters. The van der Waals surface area contributed by atoms with Gasteiger partial charge in [-0.05, 0) is 48.9 Å². The highest BCUT2D eigenvalue weighted by molar-refractivity contribution is 9.10. The minimum absolute atomic E-state index is 0.209. The number of amides is 2. The van der Waals surface area contributed by atoms with Crippen molar-refractivity contribution in [2.24, 2.45) is 5.73 Å². The van der Waals surface area contributed by atoms with Crippen molar-refractivity contribution in [2.45, 2.75) is 6.92 Å². The molecule has 0 aliphatic rings. The Balaban J connectivity index is 2.00. The van der Waals surface area contributed by atoms with Crippen LogP contribution in [0.1, 0.15) is 15.9 Å². The molecule has 0 bridgehead atoms. The minimum atomic E-state index is -0.594. The fourth-order valence-electron chi connectivity index (χ4n) is 1.83. The number of nitrogens with one attached hydrogen (secondary N) is 1. The summed E-state index contributed by atoms with van der Waals surface area (Å²) < 4.78 is 6.34. The number of hydrogen-bond donors (Lipinski definition) is 2. The Labute approximate surface area is 136 Å². The molecular formula is C16H15BrN2O3. The van der Waals surface area contributed by atoms with E-state index in [0.717, 1.165) is 10.0 Å². The average Bonchev–Trinajstić information content (AvgIpc) is 2.47. The molecule has 22 heavy (non-hydrogen) atoms. The van der Waals surface area contributed by atoms with Gasteiger partial charge in [0.25, 0.3) is 11.8 Å². The van der Waals surface area contributed by atoms with Crippen molar-refractivity contribution in [3.63, 3.8) is 0 Å². The van der Waals surface area contributed by atoms with E-state index in [1.54, 1.807) is 30.3 Å². The Kier molecular flexibility index (Phi) is 5.16. The summed E-state index contributed by atoms with van der Waals surface area (Å²) in [6.45, 7) is 1.65. The van der Waals surface area contributed by atoms with Crippen molar-refractivity contribution < 1.29 is 14.3 Å². The second-order valence-corrected chi connectivity index (χ2v) is 5.62. The van der Waals surface area contributed by atoms with Gasteiger partial charge >= 0.3 is 0 Å². The summed E-state index contributed by atoms with van der Waals surface area (Å²) in [5.41, 5.74) is 7.11. The van der Waals surface area contributed by atoms with Gasteiger partial charge in [0, 0.05) is 10.2 Å². The zero-order valence-corrected chi connectivity index (χ0v) is 13.5. The molecule has 2 aromatic rings. The number of carbonyl (C=O) groups excluding carboxylic acids is 2. The third-order valence-electron chi connectivity index (χ3n) is 2.89. The molecule has 0 spiro atoms. The first kappa shape index (κ1) is 16.0. The normalized spacial score (nSPS) is 10.1. The van der Waals surface area contributed by atoms with Crippen LogP contribution in [0.2, 0.25) is 0 Å². The van der Waals surface area contributed by atoms with Crippen LogP contribution in [0.5, 0.6) is 5.75 Å². The van der Waals surface area contributed by atoms with E-state index in [0.29, 0.717) is 11.4 Å².